The summed E-state index contributed by atoms with van der Waals surface area (Å²) in [7, 11) is 0. The van der Waals surface area contributed by atoms with Crippen molar-refractivity contribution in [1.82, 2.24) is 5.32 Å². The van der Waals surface area contributed by atoms with E-state index in [-0.39, 0.29) is 11.4 Å². The van der Waals surface area contributed by atoms with E-state index in [9.17, 15) is 4.79 Å². The summed E-state index contributed by atoms with van der Waals surface area (Å²) in [6.45, 7) is 0. The molecule has 0 spiro atoms. The molecule has 0 heterocycles. The predicted octanol–water partition coefficient (Wildman–Crippen LogP) is 4.28. The van der Waals surface area contributed by atoms with Gasteiger partial charge in [0.1, 0.15) is 0 Å². The molecule has 1 aliphatic rings. The molecule has 0 unspecified atom stereocenters. The summed E-state index contributed by atoms with van der Waals surface area (Å²) in [5.74, 6) is 0.0290. The molecule has 0 radical (unpaired) electrons. The summed E-state index contributed by atoms with van der Waals surface area (Å²) in [5.41, 5.74) is 1.76. The maximum Gasteiger partial charge on any atom is 0.251 e. The number of hydrogen-bond acceptors (Lipinski definition) is 1. The minimum Gasteiger partial charge on any atom is -0.343 e. The average molecular weight is 279 g/mol. The zero-order valence-corrected chi connectivity index (χ0v) is 12.2. The van der Waals surface area contributed by atoms with E-state index in [0.29, 0.717) is 0 Å². The van der Waals surface area contributed by atoms with Crippen LogP contribution in [-0.4, -0.2) is 5.91 Å². The lowest BCUT2D eigenvalue weighted by atomic mass is 9.76. The fourth-order valence-corrected chi connectivity index (χ4v) is 3.28. The summed E-state index contributed by atoms with van der Waals surface area (Å²) >= 11 is 0. The molecule has 2 aromatic carbocycles. The lowest BCUT2D eigenvalue weighted by molar-refractivity contribution is 0.0866. The van der Waals surface area contributed by atoms with Gasteiger partial charge in [0.25, 0.3) is 5.91 Å². The zero-order valence-electron chi connectivity index (χ0n) is 12.2. The van der Waals surface area contributed by atoms with Crippen LogP contribution in [0.1, 0.15) is 48.0 Å². The lowest BCUT2D eigenvalue weighted by Crippen LogP contribution is -2.47. The van der Waals surface area contributed by atoms with Crippen molar-refractivity contribution >= 4 is 5.91 Å². The lowest BCUT2D eigenvalue weighted by Gasteiger charge is -2.38. The van der Waals surface area contributed by atoms with Gasteiger partial charge in [0, 0.05) is 5.56 Å². The first-order valence-corrected chi connectivity index (χ1v) is 7.73. The summed E-state index contributed by atoms with van der Waals surface area (Å²) in [6.07, 6.45) is 5.65. The Morgan fingerprint density at radius 2 is 1.38 bits per heavy atom. The molecule has 108 valence electrons. The molecule has 2 aromatic rings. The molecule has 0 bridgehead atoms. The van der Waals surface area contributed by atoms with Gasteiger partial charge in [-0.3, -0.25) is 4.79 Å². The molecule has 1 N–H and O–H groups in total. The van der Waals surface area contributed by atoms with Gasteiger partial charge in [-0.05, 0) is 30.5 Å². The van der Waals surface area contributed by atoms with Gasteiger partial charge in [-0.25, -0.2) is 0 Å². The number of benzene rings is 2. The van der Waals surface area contributed by atoms with E-state index >= 15 is 0 Å². The van der Waals surface area contributed by atoms with Gasteiger partial charge in [0.05, 0.1) is 5.54 Å². The Kier molecular flexibility index (Phi) is 4.05. The SMILES string of the molecule is O=C(NC1(c2ccccc2)CCCCC1)c1ccccc1. The van der Waals surface area contributed by atoms with Gasteiger partial charge in [-0.15, -0.1) is 0 Å². The molecule has 21 heavy (non-hydrogen) atoms. The topological polar surface area (TPSA) is 29.1 Å². The van der Waals surface area contributed by atoms with Crippen molar-refractivity contribution < 1.29 is 4.79 Å². The standard InChI is InChI=1S/C19H21NO/c21-18(16-10-4-1-5-11-16)20-19(14-8-3-9-15-19)17-12-6-2-7-13-17/h1-2,4-7,10-13H,3,8-9,14-15H2,(H,20,21). The van der Waals surface area contributed by atoms with Gasteiger partial charge in [-0.2, -0.15) is 0 Å². The van der Waals surface area contributed by atoms with Crippen molar-refractivity contribution in [3.8, 4) is 0 Å². The van der Waals surface area contributed by atoms with Crippen molar-refractivity contribution in [3.63, 3.8) is 0 Å². The Balaban J connectivity index is 1.88. The van der Waals surface area contributed by atoms with Crippen LogP contribution in [0.15, 0.2) is 60.7 Å². The minimum atomic E-state index is -0.202. The molecular formula is C19H21NO. The van der Waals surface area contributed by atoms with Gasteiger partial charge in [-0.1, -0.05) is 67.8 Å². The molecule has 3 rings (SSSR count). The summed E-state index contributed by atoms with van der Waals surface area (Å²) in [5, 5.41) is 3.33. The van der Waals surface area contributed by atoms with Crippen LogP contribution in [0.4, 0.5) is 0 Å². The van der Waals surface area contributed by atoms with Gasteiger partial charge in [0.2, 0.25) is 0 Å². The largest absolute Gasteiger partial charge is 0.343 e. The first kappa shape index (κ1) is 13.9. The Hall–Kier alpha value is -2.09. The van der Waals surface area contributed by atoms with Crippen LogP contribution in [-0.2, 0) is 5.54 Å². The number of hydrogen-bond donors (Lipinski definition) is 1. The van der Waals surface area contributed by atoms with Crippen LogP contribution in [0.25, 0.3) is 0 Å². The molecule has 1 aliphatic carbocycles. The normalized spacial score (nSPS) is 17.1. The second-order valence-electron chi connectivity index (χ2n) is 5.83. The number of carbonyl (C=O) groups excluding carboxylic acids is 1. The van der Waals surface area contributed by atoms with Crippen molar-refractivity contribution in [2.75, 3.05) is 0 Å². The summed E-state index contributed by atoms with van der Waals surface area (Å²) < 4.78 is 0. The first-order valence-electron chi connectivity index (χ1n) is 7.73. The molecule has 0 saturated heterocycles. The number of amides is 1. The molecule has 2 nitrogen and oxygen atoms in total. The fourth-order valence-electron chi connectivity index (χ4n) is 3.28. The monoisotopic (exact) mass is 279 g/mol. The van der Waals surface area contributed by atoms with Crippen LogP contribution in [0, 0.1) is 0 Å². The summed E-state index contributed by atoms with van der Waals surface area (Å²) in [6, 6.07) is 19.9. The van der Waals surface area contributed by atoms with Crippen LogP contribution in [0.3, 0.4) is 0 Å². The zero-order chi connectivity index (χ0) is 14.5. The third-order valence-electron chi connectivity index (χ3n) is 4.42. The van der Waals surface area contributed by atoms with Gasteiger partial charge in [0.15, 0.2) is 0 Å². The molecular weight excluding hydrogens is 258 g/mol. The highest BCUT2D eigenvalue weighted by atomic mass is 16.1. The van der Waals surface area contributed by atoms with E-state index in [1.165, 1.54) is 24.8 Å². The first-order chi connectivity index (χ1) is 10.3. The van der Waals surface area contributed by atoms with E-state index in [1.54, 1.807) is 0 Å². The molecule has 0 atom stereocenters. The minimum absolute atomic E-state index is 0.0290. The van der Waals surface area contributed by atoms with Crippen molar-refractivity contribution in [2.45, 2.75) is 37.6 Å². The number of rotatable bonds is 3. The highest BCUT2D eigenvalue weighted by Gasteiger charge is 2.35. The molecule has 2 heteroatoms. The quantitative estimate of drug-likeness (QED) is 0.893. The fraction of sp³-hybridized carbons (Fsp3) is 0.316. The second kappa shape index (κ2) is 6.13. The number of nitrogens with one attached hydrogen (secondary N) is 1. The molecule has 1 fully saturated rings. The Morgan fingerprint density at radius 1 is 0.810 bits per heavy atom. The predicted molar refractivity (Wildman–Crippen MR) is 85.1 cm³/mol. The second-order valence-corrected chi connectivity index (χ2v) is 5.83. The van der Waals surface area contributed by atoms with Crippen molar-refractivity contribution in [2.24, 2.45) is 0 Å². The van der Waals surface area contributed by atoms with E-state index in [2.05, 4.69) is 29.6 Å². The Bertz CT molecular complexity index is 585. The van der Waals surface area contributed by atoms with E-state index in [1.807, 2.05) is 36.4 Å². The third-order valence-corrected chi connectivity index (χ3v) is 4.42. The van der Waals surface area contributed by atoms with E-state index < -0.39 is 0 Å². The van der Waals surface area contributed by atoms with Crippen LogP contribution in [0.2, 0.25) is 0 Å². The number of carbonyl (C=O) groups is 1. The van der Waals surface area contributed by atoms with Crippen molar-refractivity contribution in [3.05, 3.63) is 71.8 Å². The van der Waals surface area contributed by atoms with Crippen LogP contribution < -0.4 is 5.32 Å². The Morgan fingerprint density at radius 3 is 2.00 bits per heavy atom. The Labute approximate surface area is 126 Å². The smallest absolute Gasteiger partial charge is 0.251 e. The highest BCUT2D eigenvalue weighted by Crippen LogP contribution is 2.37. The maximum absolute atomic E-state index is 12.6. The van der Waals surface area contributed by atoms with Crippen molar-refractivity contribution in [1.29, 1.82) is 0 Å². The van der Waals surface area contributed by atoms with E-state index in [0.717, 1.165) is 18.4 Å². The summed E-state index contributed by atoms with van der Waals surface area (Å²) in [4.78, 5) is 12.6. The van der Waals surface area contributed by atoms with Crippen LogP contribution >= 0.6 is 0 Å². The third kappa shape index (κ3) is 2.99. The van der Waals surface area contributed by atoms with Gasteiger partial charge < -0.3 is 5.32 Å². The molecule has 1 amide bonds. The average Bonchev–Trinajstić information content (AvgIpc) is 2.57. The molecule has 1 saturated carbocycles. The van der Waals surface area contributed by atoms with Gasteiger partial charge >= 0.3 is 0 Å². The molecule has 0 aliphatic heterocycles. The van der Waals surface area contributed by atoms with E-state index in [4.69, 9.17) is 0 Å². The highest BCUT2D eigenvalue weighted by molar-refractivity contribution is 5.94. The molecule has 0 aromatic heterocycles. The maximum atomic E-state index is 12.6. The van der Waals surface area contributed by atoms with Crippen LogP contribution in [0.5, 0.6) is 0 Å².